The van der Waals surface area contributed by atoms with Crippen LogP contribution in [0.2, 0.25) is 0 Å². The van der Waals surface area contributed by atoms with E-state index in [0.717, 1.165) is 29.8 Å². The highest BCUT2D eigenvalue weighted by Gasteiger charge is 2.47. The zero-order valence-corrected chi connectivity index (χ0v) is 18.0. The van der Waals surface area contributed by atoms with Gasteiger partial charge < -0.3 is 15.5 Å². The van der Waals surface area contributed by atoms with Gasteiger partial charge in [-0.1, -0.05) is 6.92 Å². The van der Waals surface area contributed by atoms with E-state index in [4.69, 9.17) is 0 Å². The van der Waals surface area contributed by atoms with Gasteiger partial charge in [-0.25, -0.2) is 4.98 Å². The van der Waals surface area contributed by atoms with E-state index in [0.29, 0.717) is 23.8 Å². The maximum Gasteiger partial charge on any atom is 0.251 e. The maximum absolute atomic E-state index is 12.7. The Labute approximate surface area is 177 Å². The molecule has 1 saturated carbocycles. The number of aromatic nitrogens is 2. The first-order chi connectivity index (χ1) is 14.4. The van der Waals surface area contributed by atoms with Crippen LogP contribution in [0.1, 0.15) is 61.3 Å². The average molecular weight is 408 g/mol. The molecule has 158 valence electrons. The largest absolute Gasteiger partial charge is 0.362 e. The van der Waals surface area contributed by atoms with E-state index >= 15 is 0 Å². The summed E-state index contributed by atoms with van der Waals surface area (Å²) in [5.74, 6) is 1.28. The predicted octanol–water partition coefficient (Wildman–Crippen LogP) is 3.47. The number of amides is 2. The SMILES string of the molecule is CCNC(=O)c1ccc2c(c1)[C@H](Nc1cnc(C)cn1)[C@@H](C)C(C1CC1)N2C(C)=O. The van der Waals surface area contributed by atoms with Gasteiger partial charge in [-0.15, -0.1) is 0 Å². The van der Waals surface area contributed by atoms with E-state index in [-0.39, 0.29) is 29.8 Å². The molecule has 1 unspecified atom stereocenters. The number of nitrogens with one attached hydrogen (secondary N) is 2. The predicted molar refractivity (Wildman–Crippen MR) is 116 cm³/mol. The lowest BCUT2D eigenvalue weighted by Gasteiger charge is -2.46. The molecule has 1 aliphatic carbocycles. The molecule has 7 nitrogen and oxygen atoms in total. The molecular formula is C23H29N5O2. The van der Waals surface area contributed by atoms with Gasteiger partial charge in [0.05, 0.1) is 24.1 Å². The minimum Gasteiger partial charge on any atom is -0.362 e. The van der Waals surface area contributed by atoms with E-state index in [1.165, 1.54) is 0 Å². The number of nitrogens with zero attached hydrogens (tertiary/aromatic N) is 3. The van der Waals surface area contributed by atoms with Crippen molar-refractivity contribution in [3.8, 4) is 0 Å². The Bertz CT molecular complexity index is 955. The van der Waals surface area contributed by atoms with Crippen LogP contribution < -0.4 is 15.5 Å². The fourth-order valence-electron chi connectivity index (χ4n) is 4.60. The van der Waals surface area contributed by atoms with E-state index in [9.17, 15) is 9.59 Å². The fourth-order valence-corrected chi connectivity index (χ4v) is 4.60. The number of carbonyl (C=O) groups is 2. The molecule has 1 fully saturated rings. The first-order valence-corrected chi connectivity index (χ1v) is 10.7. The number of benzene rings is 1. The quantitative estimate of drug-likeness (QED) is 0.792. The van der Waals surface area contributed by atoms with Crippen molar-refractivity contribution in [3.05, 3.63) is 47.4 Å². The number of hydrogen-bond donors (Lipinski definition) is 2. The fraction of sp³-hybridized carbons (Fsp3) is 0.478. The van der Waals surface area contributed by atoms with Crippen LogP contribution in [0.15, 0.2) is 30.6 Å². The molecule has 4 rings (SSSR count). The third-order valence-corrected chi connectivity index (χ3v) is 6.11. The molecule has 2 aromatic rings. The van der Waals surface area contributed by atoms with E-state index in [1.807, 2.05) is 36.9 Å². The van der Waals surface area contributed by atoms with Gasteiger partial charge >= 0.3 is 0 Å². The Balaban J connectivity index is 1.80. The molecule has 1 aromatic heterocycles. The van der Waals surface area contributed by atoms with Crippen LogP contribution in [-0.2, 0) is 4.79 Å². The molecule has 0 bridgehead atoms. The molecule has 2 amide bonds. The van der Waals surface area contributed by atoms with Crippen LogP contribution in [0.25, 0.3) is 0 Å². The van der Waals surface area contributed by atoms with Gasteiger partial charge in [0.2, 0.25) is 5.91 Å². The van der Waals surface area contributed by atoms with Crippen LogP contribution in [0, 0.1) is 18.8 Å². The molecule has 0 saturated heterocycles. The molecule has 1 aromatic carbocycles. The molecule has 2 N–H and O–H groups in total. The number of anilines is 2. The van der Waals surface area contributed by atoms with Crippen LogP contribution in [-0.4, -0.2) is 34.4 Å². The zero-order chi connectivity index (χ0) is 21.4. The zero-order valence-electron chi connectivity index (χ0n) is 18.0. The van der Waals surface area contributed by atoms with Crippen molar-refractivity contribution >= 4 is 23.3 Å². The Morgan fingerprint density at radius 2 is 1.97 bits per heavy atom. The summed E-state index contributed by atoms with van der Waals surface area (Å²) in [5, 5.41) is 6.40. The van der Waals surface area contributed by atoms with Gasteiger partial charge in [0, 0.05) is 36.7 Å². The van der Waals surface area contributed by atoms with Gasteiger partial charge in [0.25, 0.3) is 5.91 Å². The summed E-state index contributed by atoms with van der Waals surface area (Å²) in [6, 6.07) is 5.68. The molecular weight excluding hydrogens is 378 g/mol. The second-order valence-corrected chi connectivity index (χ2v) is 8.37. The minimum atomic E-state index is -0.111. The maximum atomic E-state index is 12.7. The Hall–Kier alpha value is -2.96. The summed E-state index contributed by atoms with van der Waals surface area (Å²) in [4.78, 5) is 35.9. The number of carbonyl (C=O) groups excluding carboxylic acids is 2. The van der Waals surface area contributed by atoms with E-state index in [1.54, 1.807) is 19.3 Å². The highest BCUT2D eigenvalue weighted by molar-refractivity contribution is 5.98. The van der Waals surface area contributed by atoms with Crippen LogP contribution >= 0.6 is 0 Å². The number of fused-ring (bicyclic) bond motifs is 1. The summed E-state index contributed by atoms with van der Waals surface area (Å²) < 4.78 is 0. The Morgan fingerprint density at radius 3 is 2.57 bits per heavy atom. The summed E-state index contributed by atoms with van der Waals surface area (Å²) in [6.45, 7) is 8.18. The second kappa shape index (κ2) is 8.05. The van der Waals surface area contributed by atoms with Crippen LogP contribution in [0.5, 0.6) is 0 Å². The Kier molecular flexibility index (Phi) is 5.45. The minimum absolute atomic E-state index is 0.0411. The standard InChI is InChI=1S/C23H29N5O2/c1-5-24-23(30)17-8-9-19-18(10-17)21(27-20-12-25-13(2)11-26-20)14(3)22(16-6-7-16)28(19)15(4)29/h8-12,14,16,21-22H,5-7H2,1-4H3,(H,24,30)(H,26,27)/t14-,21-,22?/m1/s1. The molecule has 0 spiro atoms. The first-order valence-electron chi connectivity index (χ1n) is 10.7. The van der Waals surface area contributed by atoms with Crippen molar-refractivity contribution in [2.24, 2.45) is 11.8 Å². The van der Waals surface area contributed by atoms with Crippen LogP contribution in [0.3, 0.4) is 0 Å². The molecule has 0 radical (unpaired) electrons. The normalized spacial score (nSPS) is 22.9. The lowest BCUT2D eigenvalue weighted by molar-refractivity contribution is -0.117. The summed E-state index contributed by atoms with van der Waals surface area (Å²) in [7, 11) is 0. The number of aryl methyl sites for hydroxylation is 1. The first kappa shape index (κ1) is 20.3. The molecule has 30 heavy (non-hydrogen) atoms. The molecule has 7 heteroatoms. The third kappa shape index (κ3) is 3.76. The topological polar surface area (TPSA) is 87.2 Å². The Morgan fingerprint density at radius 1 is 1.20 bits per heavy atom. The molecule has 1 aliphatic heterocycles. The monoisotopic (exact) mass is 407 g/mol. The van der Waals surface area contributed by atoms with Gasteiger partial charge in [-0.3, -0.25) is 14.6 Å². The second-order valence-electron chi connectivity index (χ2n) is 8.37. The highest BCUT2D eigenvalue weighted by Crippen LogP contribution is 2.50. The number of rotatable bonds is 5. The molecule has 2 heterocycles. The lowest BCUT2D eigenvalue weighted by Crippen LogP contribution is -2.51. The number of hydrogen-bond acceptors (Lipinski definition) is 5. The van der Waals surface area contributed by atoms with Gasteiger partial charge in [-0.05, 0) is 56.4 Å². The van der Waals surface area contributed by atoms with Gasteiger partial charge in [0.1, 0.15) is 5.82 Å². The molecule has 3 atom stereocenters. The van der Waals surface area contributed by atoms with Crippen molar-refractivity contribution in [3.63, 3.8) is 0 Å². The smallest absolute Gasteiger partial charge is 0.251 e. The highest BCUT2D eigenvalue weighted by atomic mass is 16.2. The molecule has 2 aliphatic rings. The van der Waals surface area contributed by atoms with Crippen molar-refractivity contribution in [2.75, 3.05) is 16.8 Å². The summed E-state index contributed by atoms with van der Waals surface area (Å²) in [5.41, 5.74) is 3.27. The van der Waals surface area contributed by atoms with Crippen LogP contribution in [0.4, 0.5) is 11.5 Å². The van der Waals surface area contributed by atoms with Crippen molar-refractivity contribution < 1.29 is 9.59 Å². The van der Waals surface area contributed by atoms with Crippen molar-refractivity contribution in [1.82, 2.24) is 15.3 Å². The summed E-state index contributed by atoms with van der Waals surface area (Å²) in [6.07, 6.45) is 5.76. The lowest BCUT2D eigenvalue weighted by atomic mass is 9.79. The van der Waals surface area contributed by atoms with E-state index in [2.05, 4.69) is 27.5 Å². The van der Waals surface area contributed by atoms with Gasteiger partial charge in [0.15, 0.2) is 0 Å². The van der Waals surface area contributed by atoms with Gasteiger partial charge in [-0.2, -0.15) is 0 Å². The summed E-state index contributed by atoms with van der Waals surface area (Å²) >= 11 is 0. The van der Waals surface area contributed by atoms with E-state index < -0.39 is 0 Å². The van der Waals surface area contributed by atoms with Crippen molar-refractivity contribution in [1.29, 1.82) is 0 Å². The third-order valence-electron chi connectivity index (χ3n) is 6.11. The van der Waals surface area contributed by atoms with Crippen molar-refractivity contribution in [2.45, 2.75) is 52.6 Å². The average Bonchev–Trinajstić information content (AvgIpc) is 3.55.